The third-order valence-corrected chi connectivity index (χ3v) is 4.23. The summed E-state index contributed by atoms with van der Waals surface area (Å²) < 4.78 is 7.09. The van der Waals surface area contributed by atoms with Crippen LogP contribution in [0.15, 0.2) is 58.0 Å². The fourth-order valence-corrected chi connectivity index (χ4v) is 3.26. The van der Waals surface area contributed by atoms with Crippen LogP contribution in [-0.4, -0.2) is 12.0 Å². The smallest absolute Gasteiger partial charge is 0.217 e. The third kappa shape index (κ3) is 1.80. The molecule has 0 aromatic heterocycles. The quantitative estimate of drug-likeness (QED) is 0.782. The Balaban J connectivity index is 1.73. The normalized spacial score (nSPS) is 23.5. The molecule has 2 atom stereocenters. The number of rotatable bonds is 1. The van der Waals surface area contributed by atoms with Crippen molar-refractivity contribution in [3.8, 4) is 0 Å². The number of aliphatic imine (C=N–C) groups is 1. The van der Waals surface area contributed by atoms with Crippen LogP contribution in [0.1, 0.15) is 22.7 Å². The van der Waals surface area contributed by atoms with E-state index in [0.717, 1.165) is 22.4 Å². The molecule has 0 N–H and O–H groups in total. The van der Waals surface area contributed by atoms with Crippen molar-refractivity contribution >= 4 is 21.8 Å². The SMILES string of the molecule is Brc1cccc(C2=N[C@@H]3c4ccccc4C[C@@H]3O2)c1. The summed E-state index contributed by atoms with van der Waals surface area (Å²) in [6.07, 6.45) is 1.13. The minimum absolute atomic E-state index is 0.171. The number of hydrogen-bond donors (Lipinski definition) is 0. The Bertz CT molecular complexity index is 680. The van der Waals surface area contributed by atoms with Crippen LogP contribution in [0.25, 0.3) is 0 Å². The lowest BCUT2D eigenvalue weighted by molar-refractivity contribution is 0.206. The summed E-state index contributed by atoms with van der Waals surface area (Å²) in [4.78, 5) is 4.78. The summed E-state index contributed by atoms with van der Waals surface area (Å²) in [6, 6.07) is 16.8. The van der Waals surface area contributed by atoms with Gasteiger partial charge < -0.3 is 4.74 Å². The first-order chi connectivity index (χ1) is 9.31. The first-order valence-electron chi connectivity index (χ1n) is 6.39. The van der Waals surface area contributed by atoms with Gasteiger partial charge in [-0.1, -0.05) is 46.3 Å². The summed E-state index contributed by atoms with van der Waals surface area (Å²) in [5, 5.41) is 0. The van der Waals surface area contributed by atoms with E-state index in [1.54, 1.807) is 0 Å². The van der Waals surface area contributed by atoms with Crippen LogP contribution >= 0.6 is 15.9 Å². The van der Waals surface area contributed by atoms with Gasteiger partial charge in [0.2, 0.25) is 5.90 Å². The maximum Gasteiger partial charge on any atom is 0.217 e. The van der Waals surface area contributed by atoms with Gasteiger partial charge in [-0.2, -0.15) is 0 Å². The first-order valence-corrected chi connectivity index (χ1v) is 7.19. The lowest BCUT2D eigenvalue weighted by Crippen LogP contribution is -2.13. The molecule has 19 heavy (non-hydrogen) atoms. The molecule has 0 saturated heterocycles. The lowest BCUT2D eigenvalue weighted by atomic mass is 10.1. The van der Waals surface area contributed by atoms with Gasteiger partial charge in [0.05, 0.1) is 0 Å². The first kappa shape index (κ1) is 11.2. The molecule has 0 spiro atoms. The Morgan fingerprint density at radius 3 is 2.89 bits per heavy atom. The van der Waals surface area contributed by atoms with Crippen LogP contribution in [0.4, 0.5) is 0 Å². The van der Waals surface area contributed by atoms with Gasteiger partial charge in [0.25, 0.3) is 0 Å². The summed E-state index contributed by atoms with van der Waals surface area (Å²) in [5.74, 6) is 0.769. The van der Waals surface area contributed by atoms with E-state index in [2.05, 4.69) is 40.2 Å². The van der Waals surface area contributed by atoms with E-state index in [9.17, 15) is 0 Å². The molecule has 1 aliphatic carbocycles. The molecule has 94 valence electrons. The fourth-order valence-electron chi connectivity index (χ4n) is 2.86. The molecular formula is C16H12BrNO. The van der Waals surface area contributed by atoms with Crippen molar-refractivity contribution in [2.24, 2.45) is 4.99 Å². The molecule has 0 bridgehead atoms. The number of nitrogens with zero attached hydrogens (tertiary/aromatic N) is 1. The maximum atomic E-state index is 6.04. The summed E-state index contributed by atoms with van der Waals surface area (Å²) >= 11 is 3.49. The molecule has 0 unspecified atom stereocenters. The number of ether oxygens (including phenoxy) is 1. The van der Waals surface area contributed by atoms with Crippen LogP contribution in [-0.2, 0) is 11.2 Å². The lowest BCUT2D eigenvalue weighted by Gasteiger charge is -2.08. The van der Waals surface area contributed by atoms with Gasteiger partial charge in [0, 0.05) is 16.5 Å². The number of hydrogen-bond acceptors (Lipinski definition) is 2. The molecule has 2 aromatic rings. The predicted octanol–water partition coefficient (Wildman–Crippen LogP) is 3.89. The molecular weight excluding hydrogens is 302 g/mol. The average molecular weight is 314 g/mol. The van der Waals surface area contributed by atoms with Gasteiger partial charge >= 0.3 is 0 Å². The molecule has 2 aromatic carbocycles. The zero-order valence-electron chi connectivity index (χ0n) is 10.2. The molecule has 2 aliphatic rings. The largest absolute Gasteiger partial charge is 0.471 e. The highest BCUT2D eigenvalue weighted by Crippen LogP contribution is 2.40. The van der Waals surface area contributed by atoms with Crippen LogP contribution in [0.2, 0.25) is 0 Å². The standard InChI is InChI=1S/C16H12BrNO/c17-12-6-3-5-11(8-12)16-18-15-13-7-2-1-4-10(13)9-14(15)19-16/h1-8,14-15H,9H2/t14-,15+/m0/s1. The van der Waals surface area contributed by atoms with E-state index in [0.29, 0.717) is 0 Å². The average Bonchev–Trinajstić information content (AvgIpc) is 2.96. The predicted molar refractivity (Wildman–Crippen MR) is 78.4 cm³/mol. The van der Waals surface area contributed by atoms with Crippen molar-refractivity contribution in [1.29, 1.82) is 0 Å². The zero-order chi connectivity index (χ0) is 12.8. The second-order valence-corrected chi connectivity index (χ2v) is 5.86. The van der Waals surface area contributed by atoms with Crippen molar-refractivity contribution < 1.29 is 4.74 Å². The second kappa shape index (κ2) is 4.20. The van der Waals surface area contributed by atoms with E-state index in [4.69, 9.17) is 9.73 Å². The number of halogens is 1. The summed E-state index contributed by atoms with van der Waals surface area (Å²) in [5.41, 5.74) is 3.73. The van der Waals surface area contributed by atoms with E-state index in [1.807, 2.05) is 24.3 Å². The van der Waals surface area contributed by atoms with Gasteiger partial charge in [0.15, 0.2) is 0 Å². The third-order valence-electron chi connectivity index (χ3n) is 3.74. The van der Waals surface area contributed by atoms with Crippen molar-refractivity contribution in [1.82, 2.24) is 0 Å². The highest BCUT2D eigenvalue weighted by molar-refractivity contribution is 9.10. The van der Waals surface area contributed by atoms with Crippen LogP contribution in [0.3, 0.4) is 0 Å². The summed E-state index contributed by atoms with van der Waals surface area (Å²) in [6.45, 7) is 0. The summed E-state index contributed by atoms with van der Waals surface area (Å²) in [7, 11) is 0. The van der Waals surface area contributed by atoms with Gasteiger partial charge in [-0.05, 0) is 29.3 Å². The Labute approximate surface area is 120 Å². The number of fused-ring (bicyclic) bond motifs is 3. The Morgan fingerprint density at radius 2 is 2.00 bits per heavy atom. The molecule has 3 heteroatoms. The van der Waals surface area contributed by atoms with E-state index in [1.165, 1.54) is 11.1 Å². The second-order valence-electron chi connectivity index (χ2n) is 4.95. The van der Waals surface area contributed by atoms with E-state index >= 15 is 0 Å². The van der Waals surface area contributed by atoms with Gasteiger partial charge in [-0.25, -0.2) is 4.99 Å². The van der Waals surface area contributed by atoms with Crippen molar-refractivity contribution in [2.75, 3.05) is 0 Å². The molecule has 1 aliphatic heterocycles. The van der Waals surface area contributed by atoms with E-state index < -0.39 is 0 Å². The number of benzene rings is 2. The van der Waals surface area contributed by atoms with Crippen LogP contribution < -0.4 is 0 Å². The highest BCUT2D eigenvalue weighted by atomic mass is 79.9. The van der Waals surface area contributed by atoms with Gasteiger partial charge in [-0.15, -0.1) is 0 Å². The van der Waals surface area contributed by atoms with Crippen LogP contribution in [0, 0.1) is 0 Å². The fraction of sp³-hybridized carbons (Fsp3) is 0.188. The molecule has 4 rings (SSSR count). The topological polar surface area (TPSA) is 21.6 Å². The van der Waals surface area contributed by atoms with Crippen molar-refractivity contribution in [2.45, 2.75) is 18.6 Å². The van der Waals surface area contributed by atoms with Gasteiger partial charge in [0.1, 0.15) is 12.1 Å². The molecule has 2 nitrogen and oxygen atoms in total. The maximum absolute atomic E-state index is 6.04. The molecule has 0 saturated carbocycles. The monoisotopic (exact) mass is 313 g/mol. The molecule has 0 amide bonds. The van der Waals surface area contributed by atoms with E-state index in [-0.39, 0.29) is 12.1 Å². The highest BCUT2D eigenvalue weighted by Gasteiger charge is 2.39. The molecule has 0 fully saturated rings. The minimum Gasteiger partial charge on any atom is -0.471 e. The Hall–Kier alpha value is -1.61. The zero-order valence-corrected chi connectivity index (χ0v) is 11.8. The van der Waals surface area contributed by atoms with Crippen LogP contribution in [0.5, 0.6) is 0 Å². The molecule has 1 heterocycles. The minimum atomic E-state index is 0.171. The van der Waals surface area contributed by atoms with Crippen molar-refractivity contribution in [3.05, 3.63) is 69.7 Å². The van der Waals surface area contributed by atoms with Crippen molar-refractivity contribution in [3.63, 3.8) is 0 Å². The molecule has 0 radical (unpaired) electrons. The Morgan fingerprint density at radius 1 is 1.11 bits per heavy atom. The van der Waals surface area contributed by atoms with Gasteiger partial charge in [-0.3, -0.25) is 0 Å². The Kier molecular flexibility index (Phi) is 2.49.